The molecule has 3 unspecified atom stereocenters. The number of carboxylic acids is 1. The second-order valence-corrected chi connectivity index (χ2v) is 22.0. The predicted octanol–water partition coefficient (Wildman–Crippen LogP) is 5.78. The molecule has 0 aromatic heterocycles. The van der Waals surface area contributed by atoms with Gasteiger partial charge in [-0.3, -0.25) is 33.6 Å². The second kappa shape index (κ2) is 21.9. The minimum absolute atomic E-state index is 0.0599. The van der Waals surface area contributed by atoms with Crippen LogP contribution >= 0.6 is 11.8 Å². The van der Waals surface area contributed by atoms with E-state index < -0.39 is 112 Å². The average Bonchev–Trinajstić information content (AvgIpc) is 3.83. The average molecular weight is 1020 g/mol. The molecule has 0 radical (unpaired) electrons. The number of rotatable bonds is 21. The topological polar surface area (TPSA) is 256 Å². The van der Waals surface area contributed by atoms with Crippen molar-refractivity contribution in [2.75, 3.05) is 18.5 Å². The van der Waals surface area contributed by atoms with E-state index in [4.69, 9.17) is 14.2 Å². The Hall–Kier alpha value is -5.47. The molecule has 3 saturated carbocycles. The van der Waals surface area contributed by atoms with Crippen LogP contribution in [0.3, 0.4) is 0 Å². The van der Waals surface area contributed by atoms with Gasteiger partial charge in [0, 0.05) is 52.3 Å². The molecule has 0 spiro atoms. The van der Waals surface area contributed by atoms with Gasteiger partial charge < -0.3 is 50.8 Å². The summed E-state index contributed by atoms with van der Waals surface area (Å²) in [7, 11) is 0. The van der Waals surface area contributed by atoms with Gasteiger partial charge in [-0.2, -0.15) is 0 Å². The van der Waals surface area contributed by atoms with E-state index in [2.05, 4.69) is 28.2 Å². The van der Waals surface area contributed by atoms with Crippen LogP contribution in [-0.2, 0) is 43.0 Å². The summed E-state index contributed by atoms with van der Waals surface area (Å²) in [5.41, 5.74) is -4.54. The van der Waals surface area contributed by atoms with Gasteiger partial charge in [0.25, 0.3) is 0 Å². The maximum atomic E-state index is 17.8. The Morgan fingerprint density at radius 2 is 1.68 bits per heavy atom. The fraction of sp³-hybridized carbons (Fsp3) is 0.566. The number of ketones is 2. The molecule has 7 rings (SSSR count). The number of hydrogen-bond donors (Lipinski definition) is 7. The van der Waals surface area contributed by atoms with Crippen LogP contribution in [0.4, 0.5) is 10.1 Å². The Morgan fingerprint density at radius 1 is 0.958 bits per heavy atom. The molecule has 13 atom stereocenters. The van der Waals surface area contributed by atoms with E-state index in [1.807, 2.05) is 13.8 Å². The Bertz CT molecular complexity index is 2490. The first kappa shape index (κ1) is 54.3. The van der Waals surface area contributed by atoms with Crippen LogP contribution in [0.1, 0.15) is 111 Å². The molecule has 1 aliphatic heterocycles. The zero-order valence-electron chi connectivity index (χ0n) is 41.5. The number of allylic oxidation sites excluding steroid dienone is 4. The molecule has 7 N–H and O–H groups in total. The molecule has 0 bridgehead atoms. The zero-order valence-corrected chi connectivity index (χ0v) is 42.4. The number of thioether (sulfide) groups is 1. The third-order valence-corrected chi connectivity index (χ3v) is 17.0. The molecule has 19 heteroatoms. The van der Waals surface area contributed by atoms with Crippen molar-refractivity contribution in [1.82, 2.24) is 16.0 Å². The molecule has 5 aliphatic rings. The number of unbranched alkanes of at least 4 members (excludes halogenated alkanes) is 1. The van der Waals surface area contributed by atoms with Crippen molar-refractivity contribution >= 4 is 58.6 Å². The highest BCUT2D eigenvalue weighted by Gasteiger charge is 2.79. The van der Waals surface area contributed by atoms with Crippen LogP contribution in [-0.4, -0.2) is 116 Å². The Morgan fingerprint density at radius 3 is 2.38 bits per heavy atom. The molecule has 4 aliphatic carbocycles. The summed E-state index contributed by atoms with van der Waals surface area (Å²) in [6, 6.07) is 11.3. The lowest BCUT2D eigenvalue weighted by molar-refractivity contribution is -0.231. The standard InChI is InChI=1S/C53H67FN4O13S/c1-7-8-10-29(2)72-40(26-45(64)65)48(68)55-22-20-44(63)56-30(3)46(66)57-31(4)47(67)58-34-11-9-12-37(24-34)69-36-16-13-32(14-17-36)49-70-43-25-39-38-18-15-33-23-35(60)19-21-50(33,5)52(38,54)41(61)27-51(39,6)53(43,71-49)42(62)28-59/h9,11-14,16-17,19,21,23-24,29-31,38-41,43,49,59,61H,7-8,10,15,18,20,22,25-28H2,1-6H3,(H,55,68)(H,56,63)(H,57,66)(H,58,67)(H,64,65)/t29?,30-,31-,38-,39?,40?,41-,43+,49+,50-,51-,52-,53+/m0/s1. The number of carbonyl (C=O) groups excluding carboxylic acids is 6. The molecule has 390 valence electrons. The molecule has 4 amide bonds. The number of halogens is 1. The van der Waals surface area contributed by atoms with Gasteiger partial charge in [-0.05, 0) is 95.2 Å². The van der Waals surface area contributed by atoms with Crippen LogP contribution < -0.4 is 26.0 Å². The molecule has 1 saturated heterocycles. The number of carbonyl (C=O) groups is 7. The van der Waals surface area contributed by atoms with Crippen LogP contribution in [0.2, 0.25) is 0 Å². The normalized spacial score (nSPS) is 30.7. The van der Waals surface area contributed by atoms with Gasteiger partial charge in [-0.1, -0.05) is 63.5 Å². The number of carboxylic acid groups (broad SMARTS) is 1. The van der Waals surface area contributed by atoms with Gasteiger partial charge in [0.1, 0.15) is 30.2 Å². The lowest BCUT2D eigenvalue weighted by Gasteiger charge is -2.62. The van der Waals surface area contributed by atoms with E-state index in [1.165, 1.54) is 37.8 Å². The number of benzene rings is 2. The van der Waals surface area contributed by atoms with E-state index in [0.29, 0.717) is 41.2 Å². The van der Waals surface area contributed by atoms with Crippen LogP contribution in [0.15, 0.2) is 72.3 Å². The van der Waals surface area contributed by atoms with Crippen molar-refractivity contribution in [2.24, 2.45) is 22.7 Å². The fourth-order valence-corrected chi connectivity index (χ4v) is 13.1. The Kier molecular flexibility index (Phi) is 16.5. The lowest BCUT2D eigenvalue weighted by Crippen LogP contribution is -2.69. The molecule has 2 aromatic carbocycles. The molecule has 17 nitrogen and oxygen atoms in total. The number of amides is 4. The van der Waals surface area contributed by atoms with E-state index in [9.17, 15) is 48.9 Å². The maximum Gasteiger partial charge on any atom is 0.305 e. The first-order valence-corrected chi connectivity index (χ1v) is 25.8. The molecular formula is C53H67FN4O13S. The van der Waals surface area contributed by atoms with Gasteiger partial charge in [-0.25, -0.2) is 4.39 Å². The third-order valence-electron chi connectivity index (χ3n) is 15.6. The number of Topliss-reactive ketones (excluding diaryl/α,β-unsaturated/α-hetero) is 1. The highest BCUT2D eigenvalue weighted by Crippen LogP contribution is 2.72. The van der Waals surface area contributed by atoms with Gasteiger partial charge in [0.05, 0.1) is 23.9 Å². The van der Waals surface area contributed by atoms with Crippen molar-refractivity contribution < 1.29 is 67.5 Å². The zero-order chi connectivity index (χ0) is 52.3. The van der Waals surface area contributed by atoms with Crippen LogP contribution in [0, 0.1) is 22.7 Å². The van der Waals surface area contributed by atoms with Gasteiger partial charge in [0.2, 0.25) is 23.6 Å². The molecule has 1 heterocycles. The lowest BCUT2D eigenvalue weighted by atomic mass is 9.44. The van der Waals surface area contributed by atoms with Crippen LogP contribution in [0.25, 0.3) is 0 Å². The Labute approximate surface area is 422 Å². The number of aliphatic hydroxyl groups is 2. The molecule has 4 fully saturated rings. The third kappa shape index (κ3) is 10.5. The minimum Gasteiger partial charge on any atom is -0.481 e. The van der Waals surface area contributed by atoms with Gasteiger partial charge >= 0.3 is 5.97 Å². The van der Waals surface area contributed by atoms with E-state index in [-0.39, 0.29) is 43.3 Å². The summed E-state index contributed by atoms with van der Waals surface area (Å²) in [4.78, 5) is 89.1. The van der Waals surface area contributed by atoms with Crippen LogP contribution in [0.5, 0.6) is 11.5 Å². The molecule has 72 heavy (non-hydrogen) atoms. The number of ether oxygens (including phenoxy) is 3. The van der Waals surface area contributed by atoms with E-state index >= 15 is 4.39 Å². The summed E-state index contributed by atoms with van der Waals surface area (Å²) in [5, 5.41) is 41.3. The summed E-state index contributed by atoms with van der Waals surface area (Å²) in [6.07, 6.45) is 4.27. The number of anilines is 1. The summed E-state index contributed by atoms with van der Waals surface area (Å²) >= 11 is 1.29. The first-order chi connectivity index (χ1) is 34.1. The minimum atomic E-state index is -2.12. The number of aliphatic hydroxyl groups excluding tert-OH is 2. The summed E-state index contributed by atoms with van der Waals surface area (Å²) in [5.74, 6) is -4.44. The van der Waals surface area contributed by atoms with Crippen molar-refractivity contribution in [2.45, 2.75) is 152 Å². The van der Waals surface area contributed by atoms with Gasteiger partial charge in [-0.15, -0.1) is 11.8 Å². The van der Waals surface area contributed by atoms with Gasteiger partial charge in [0.15, 0.2) is 29.1 Å². The second-order valence-electron chi connectivity index (χ2n) is 20.3. The highest BCUT2D eigenvalue weighted by atomic mass is 32.2. The number of aliphatic carboxylic acids is 1. The molecular weight excluding hydrogens is 952 g/mol. The number of nitrogens with one attached hydrogen (secondary N) is 4. The molecule has 2 aromatic rings. The van der Waals surface area contributed by atoms with E-state index in [1.54, 1.807) is 61.5 Å². The largest absolute Gasteiger partial charge is 0.481 e. The van der Waals surface area contributed by atoms with Crippen molar-refractivity contribution in [3.05, 3.63) is 77.9 Å². The number of fused-ring (bicyclic) bond motifs is 7. The predicted molar refractivity (Wildman–Crippen MR) is 264 cm³/mol. The maximum absolute atomic E-state index is 17.8. The van der Waals surface area contributed by atoms with E-state index in [0.717, 1.165) is 19.3 Å². The number of alkyl halides is 1. The van der Waals surface area contributed by atoms with Crippen molar-refractivity contribution in [3.8, 4) is 11.5 Å². The Balaban J connectivity index is 0.904. The smallest absolute Gasteiger partial charge is 0.305 e. The SMILES string of the molecule is CCCCC(C)SC(CC(=O)O)C(=O)NCCC(=O)N[C@@H](C)C(=O)N[C@@H](C)C(=O)Nc1cccc(Oc2ccc([C@@H]3O[C@@H]4CC5[C@@H]6CCC7=CC(=O)C=C[C@]7(C)[C@@]6(F)[C@@H](O)C[C@]5(C)[C@]4(C(=O)CO)O3)cc2)c1. The van der Waals surface area contributed by atoms with Crippen molar-refractivity contribution in [3.63, 3.8) is 0 Å². The summed E-state index contributed by atoms with van der Waals surface area (Å²) < 4.78 is 37.0. The first-order valence-electron chi connectivity index (χ1n) is 24.8. The fourth-order valence-electron chi connectivity index (χ4n) is 11.8. The summed E-state index contributed by atoms with van der Waals surface area (Å²) in [6.45, 7) is 9.59. The van der Waals surface area contributed by atoms with Crippen molar-refractivity contribution in [1.29, 1.82) is 0 Å². The number of hydrogen-bond acceptors (Lipinski definition) is 13. The quantitative estimate of drug-likeness (QED) is 0.0783. The monoisotopic (exact) mass is 1020 g/mol. The highest BCUT2D eigenvalue weighted by molar-refractivity contribution is 8.01.